The molecule has 6 N–H and O–H groups in total. The van der Waals surface area contributed by atoms with Crippen molar-refractivity contribution < 1.29 is 42.4 Å². The van der Waals surface area contributed by atoms with Gasteiger partial charge in [-0.05, 0) is 38.9 Å². The van der Waals surface area contributed by atoms with Crippen molar-refractivity contribution in [1.82, 2.24) is 10.2 Å². The summed E-state index contributed by atoms with van der Waals surface area (Å²) in [6, 6.07) is 0. The Morgan fingerprint density at radius 3 is 1.97 bits per heavy atom. The first kappa shape index (κ1) is 28.1. The van der Waals surface area contributed by atoms with Crippen LogP contribution in [-0.2, 0) is 19.4 Å². The quantitative estimate of drug-likeness (QED) is 0.116. The van der Waals surface area contributed by atoms with Gasteiger partial charge in [-0.2, -0.15) is 8.42 Å². The fraction of sp³-hybridized carbons (Fsp3) is 0.941. The van der Waals surface area contributed by atoms with E-state index in [1.54, 1.807) is 0 Å². The Morgan fingerprint density at radius 2 is 1.48 bits per heavy atom. The van der Waals surface area contributed by atoms with Gasteiger partial charge in [0.2, 0.25) is 0 Å². The van der Waals surface area contributed by atoms with E-state index in [-0.39, 0.29) is 6.54 Å². The van der Waals surface area contributed by atoms with Crippen LogP contribution < -0.4 is 5.32 Å². The Balaban J connectivity index is 4.35. The van der Waals surface area contributed by atoms with Gasteiger partial charge in [-0.3, -0.25) is 9.35 Å². The Labute approximate surface area is 172 Å². The van der Waals surface area contributed by atoms with Crippen LogP contribution in [0.15, 0.2) is 0 Å². The van der Waals surface area contributed by atoms with Crippen LogP contribution in [0.5, 0.6) is 0 Å². The van der Waals surface area contributed by atoms with E-state index in [1.807, 2.05) is 0 Å². The lowest BCUT2D eigenvalue weighted by Gasteiger charge is -2.26. The molecule has 0 fully saturated rings. The van der Waals surface area contributed by atoms with Crippen molar-refractivity contribution in [3.05, 3.63) is 0 Å². The van der Waals surface area contributed by atoms with Crippen molar-refractivity contribution in [1.29, 1.82) is 0 Å². The van der Waals surface area contributed by atoms with Crippen molar-refractivity contribution in [2.45, 2.75) is 70.4 Å². The smallest absolute Gasteiger partial charge is 0.388 e. The zero-order chi connectivity index (χ0) is 22.4. The van der Waals surface area contributed by atoms with Crippen molar-refractivity contribution in [3.8, 4) is 0 Å². The third kappa shape index (κ3) is 13.1. The molecular formula is C17H36N2O9S. The summed E-state index contributed by atoms with van der Waals surface area (Å²) >= 11 is 0. The third-order valence-corrected chi connectivity index (χ3v) is 4.76. The third-order valence-electron chi connectivity index (χ3n) is 4.33. The summed E-state index contributed by atoms with van der Waals surface area (Å²) in [6.07, 6.45) is -3.17. The molecule has 0 radical (unpaired) electrons. The van der Waals surface area contributed by atoms with Gasteiger partial charge in [-0.15, -0.1) is 0 Å². The minimum absolute atomic E-state index is 0.252. The molecular weight excluding hydrogens is 408 g/mol. The highest BCUT2D eigenvalue weighted by molar-refractivity contribution is 7.80. The molecule has 0 aromatic heterocycles. The summed E-state index contributed by atoms with van der Waals surface area (Å²) in [6.45, 7) is 6.14. The van der Waals surface area contributed by atoms with Crippen LogP contribution in [0.2, 0.25) is 0 Å². The maximum absolute atomic E-state index is 11.9. The first-order chi connectivity index (χ1) is 13.5. The lowest BCUT2D eigenvalue weighted by molar-refractivity contribution is -0.148. The molecule has 0 heterocycles. The summed E-state index contributed by atoms with van der Waals surface area (Å²) in [5.74, 6) is -0.937. The number of nitrogens with zero attached hydrogens (tertiary/aromatic N) is 1. The molecule has 11 nitrogen and oxygen atoms in total. The number of aliphatic hydroxyl groups excluding tert-OH is 4. The molecule has 0 saturated heterocycles. The summed E-state index contributed by atoms with van der Waals surface area (Å²) < 4.78 is 33.2. The molecule has 0 aromatic rings. The zero-order valence-electron chi connectivity index (χ0n) is 17.1. The average Bonchev–Trinajstić information content (AvgIpc) is 2.68. The number of unbranched alkanes of at least 4 members (excludes halogenated alkanes) is 2. The van der Waals surface area contributed by atoms with Crippen LogP contribution in [0.1, 0.15) is 46.0 Å². The van der Waals surface area contributed by atoms with E-state index < -0.39 is 47.3 Å². The molecule has 174 valence electrons. The van der Waals surface area contributed by atoms with Crippen LogP contribution in [0.25, 0.3) is 0 Å². The van der Waals surface area contributed by atoms with Gasteiger partial charge in [0.1, 0.15) is 18.3 Å². The number of hydrogen-bond acceptors (Lipinski definition) is 9. The summed E-state index contributed by atoms with van der Waals surface area (Å²) in [5.41, 5.74) is 0. The van der Waals surface area contributed by atoms with Gasteiger partial charge in [-0.25, -0.2) is 4.18 Å². The van der Waals surface area contributed by atoms with E-state index in [0.717, 1.165) is 45.3 Å². The summed E-state index contributed by atoms with van der Waals surface area (Å²) in [7, 11) is -4.85. The fourth-order valence-electron chi connectivity index (χ4n) is 2.54. The highest BCUT2D eigenvalue weighted by Gasteiger charge is 2.34. The first-order valence-electron chi connectivity index (χ1n) is 9.87. The maximum atomic E-state index is 11.9. The maximum Gasteiger partial charge on any atom is 0.397 e. The topological polar surface area (TPSA) is 177 Å². The molecule has 0 unspecified atom stereocenters. The number of amides is 1. The summed E-state index contributed by atoms with van der Waals surface area (Å²) in [5, 5.41) is 41.3. The molecule has 0 aromatic carbocycles. The zero-order valence-corrected chi connectivity index (χ0v) is 17.9. The van der Waals surface area contributed by atoms with E-state index in [0.29, 0.717) is 6.42 Å². The van der Waals surface area contributed by atoms with Gasteiger partial charge >= 0.3 is 10.4 Å². The Hall–Kier alpha value is -0.860. The van der Waals surface area contributed by atoms with Gasteiger partial charge in [-0.1, -0.05) is 26.7 Å². The van der Waals surface area contributed by atoms with Crippen LogP contribution in [0, 0.1) is 0 Å². The Bertz CT molecular complexity index is 539. The number of carbonyl (C=O) groups is 1. The number of hydrogen-bond donors (Lipinski definition) is 6. The molecule has 0 aliphatic heterocycles. The van der Waals surface area contributed by atoms with Gasteiger partial charge in [0.15, 0.2) is 6.10 Å². The van der Waals surface area contributed by atoms with Gasteiger partial charge < -0.3 is 30.6 Å². The molecule has 0 bridgehead atoms. The SMILES string of the molecule is CCCCN(CCCC)CCCNC(=O)[C@H](O)[C@@H](O)[C@H](O)[C@H](O)COS(=O)(=O)O. The molecule has 29 heavy (non-hydrogen) atoms. The number of nitrogens with one attached hydrogen (secondary N) is 1. The van der Waals surface area contributed by atoms with Crippen molar-refractivity contribution in [2.75, 3.05) is 32.8 Å². The van der Waals surface area contributed by atoms with Gasteiger partial charge in [0, 0.05) is 6.54 Å². The molecule has 12 heteroatoms. The van der Waals surface area contributed by atoms with Gasteiger partial charge in [0.05, 0.1) is 6.61 Å². The van der Waals surface area contributed by atoms with Crippen LogP contribution in [0.3, 0.4) is 0 Å². The number of rotatable bonds is 17. The lowest BCUT2D eigenvalue weighted by Crippen LogP contribution is -2.52. The van der Waals surface area contributed by atoms with E-state index >= 15 is 0 Å². The predicted molar refractivity (Wildman–Crippen MR) is 105 cm³/mol. The predicted octanol–water partition coefficient (Wildman–Crippen LogP) is -1.34. The standard InChI is InChI=1S/C17H36N2O9S/c1-3-5-9-19(10-6-4-2)11-7-8-18-17(24)16(23)15(22)14(21)13(20)12-28-29(25,26)27/h13-16,20-23H,3-12H2,1-2H3,(H,18,24)(H,25,26,27)/t13-,14-,15+,16-/m1/s1. The summed E-state index contributed by atoms with van der Waals surface area (Å²) in [4.78, 5) is 14.2. The molecule has 0 aliphatic carbocycles. The minimum Gasteiger partial charge on any atom is -0.388 e. The van der Waals surface area contributed by atoms with Crippen LogP contribution in [0.4, 0.5) is 0 Å². The molecule has 0 spiro atoms. The van der Waals surface area contributed by atoms with E-state index in [1.165, 1.54) is 0 Å². The highest BCUT2D eigenvalue weighted by atomic mass is 32.3. The molecule has 4 atom stereocenters. The number of aliphatic hydroxyl groups is 4. The highest BCUT2D eigenvalue weighted by Crippen LogP contribution is 2.07. The normalized spacial score (nSPS) is 16.4. The number of carbonyl (C=O) groups excluding carboxylic acids is 1. The average molecular weight is 445 g/mol. The van der Waals surface area contributed by atoms with Crippen molar-refractivity contribution in [3.63, 3.8) is 0 Å². The first-order valence-corrected chi connectivity index (χ1v) is 11.2. The minimum atomic E-state index is -4.85. The van der Waals surface area contributed by atoms with Crippen LogP contribution in [-0.4, -0.2) is 101 Å². The largest absolute Gasteiger partial charge is 0.397 e. The van der Waals surface area contributed by atoms with E-state index in [9.17, 15) is 33.6 Å². The second kappa shape index (κ2) is 15.0. The molecule has 0 rings (SSSR count). The monoisotopic (exact) mass is 444 g/mol. The Kier molecular flexibility index (Phi) is 14.6. The lowest BCUT2D eigenvalue weighted by atomic mass is 10.0. The van der Waals surface area contributed by atoms with E-state index in [4.69, 9.17) is 4.55 Å². The second-order valence-corrected chi connectivity index (χ2v) is 7.99. The van der Waals surface area contributed by atoms with Crippen molar-refractivity contribution >= 4 is 16.3 Å². The fourth-order valence-corrected chi connectivity index (χ4v) is 2.85. The van der Waals surface area contributed by atoms with Crippen LogP contribution >= 0.6 is 0 Å². The Morgan fingerprint density at radius 1 is 0.966 bits per heavy atom. The molecule has 0 saturated carbocycles. The molecule has 1 amide bonds. The van der Waals surface area contributed by atoms with Gasteiger partial charge in [0.25, 0.3) is 5.91 Å². The van der Waals surface area contributed by atoms with E-state index in [2.05, 4.69) is 28.2 Å². The second-order valence-electron chi connectivity index (χ2n) is 6.90. The molecule has 0 aliphatic rings. The van der Waals surface area contributed by atoms with Crippen molar-refractivity contribution in [2.24, 2.45) is 0 Å².